The Morgan fingerprint density at radius 3 is 2.62 bits per heavy atom. The Morgan fingerprint density at radius 1 is 1.19 bits per heavy atom. The number of halogens is 2. The van der Waals surface area contributed by atoms with Crippen molar-refractivity contribution in [2.24, 2.45) is 4.99 Å². The van der Waals surface area contributed by atoms with Crippen LogP contribution >= 0.6 is 24.0 Å². The van der Waals surface area contributed by atoms with Gasteiger partial charge in [0.05, 0.1) is 12.8 Å². The average Bonchev–Trinajstić information content (AvgIpc) is 3.14. The molecular formula is C18H24FIN4O2. The van der Waals surface area contributed by atoms with Crippen LogP contribution in [0.1, 0.15) is 28.6 Å². The van der Waals surface area contributed by atoms with Crippen molar-refractivity contribution in [3.8, 4) is 0 Å². The lowest BCUT2D eigenvalue weighted by Crippen LogP contribution is -2.41. The number of guanidine groups is 1. The lowest BCUT2D eigenvalue weighted by Gasteiger charge is -2.11. The molecule has 8 heteroatoms. The van der Waals surface area contributed by atoms with Gasteiger partial charge in [-0.2, -0.15) is 0 Å². The minimum atomic E-state index is -0.254. The molecule has 0 radical (unpaired) electrons. The fourth-order valence-electron chi connectivity index (χ4n) is 2.17. The van der Waals surface area contributed by atoms with Gasteiger partial charge < -0.3 is 20.4 Å². The van der Waals surface area contributed by atoms with Crippen LogP contribution in [0.15, 0.2) is 46.0 Å². The Hall–Kier alpha value is -2.10. The molecule has 3 N–H and O–H groups in total. The smallest absolute Gasteiger partial charge is 0.287 e. The highest BCUT2D eigenvalue weighted by atomic mass is 127. The predicted octanol–water partition coefficient (Wildman–Crippen LogP) is 2.83. The van der Waals surface area contributed by atoms with Crippen molar-refractivity contribution in [1.82, 2.24) is 16.0 Å². The maximum atomic E-state index is 13.3. The first-order chi connectivity index (χ1) is 12.1. The molecule has 1 amide bonds. The van der Waals surface area contributed by atoms with Crippen molar-refractivity contribution >= 4 is 35.8 Å². The van der Waals surface area contributed by atoms with Crippen molar-refractivity contribution in [3.63, 3.8) is 0 Å². The summed E-state index contributed by atoms with van der Waals surface area (Å²) in [5, 5.41) is 9.02. The Labute approximate surface area is 169 Å². The highest BCUT2D eigenvalue weighted by Crippen LogP contribution is 2.09. The van der Waals surface area contributed by atoms with E-state index < -0.39 is 0 Å². The molecule has 2 aromatic rings. The van der Waals surface area contributed by atoms with Crippen molar-refractivity contribution in [2.45, 2.75) is 20.4 Å². The third-order valence-corrected chi connectivity index (χ3v) is 3.43. The molecule has 1 aromatic heterocycles. The lowest BCUT2D eigenvalue weighted by atomic mass is 10.1. The molecule has 142 valence electrons. The molecule has 0 spiro atoms. The SMILES string of the molecule is CCNC(=NCc1ccc(F)c(C)c1)NCCNC(=O)c1ccco1.I. The van der Waals surface area contributed by atoms with Gasteiger partial charge in [0, 0.05) is 19.6 Å². The second-order valence-electron chi connectivity index (χ2n) is 5.44. The molecule has 0 unspecified atom stereocenters. The summed E-state index contributed by atoms with van der Waals surface area (Å²) in [7, 11) is 0. The van der Waals surface area contributed by atoms with Crippen molar-refractivity contribution < 1.29 is 13.6 Å². The molecule has 0 saturated heterocycles. The number of hydrogen-bond acceptors (Lipinski definition) is 3. The van der Waals surface area contributed by atoms with Crippen LogP contribution in [0, 0.1) is 12.7 Å². The molecular weight excluding hydrogens is 450 g/mol. The van der Waals surface area contributed by atoms with E-state index in [9.17, 15) is 9.18 Å². The van der Waals surface area contributed by atoms with Crippen LogP contribution < -0.4 is 16.0 Å². The van der Waals surface area contributed by atoms with E-state index in [0.717, 1.165) is 5.56 Å². The van der Waals surface area contributed by atoms with Crippen molar-refractivity contribution in [2.75, 3.05) is 19.6 Å². The van der Waals surface area contributed by atoms with Crippen LogP contribution in [-0.4, -0.2) is 31.5 Å². The largest absolute Gasteiger partial charge is 0.459 e. The Balaban J connectivity index is 0.00000338. The van der Waals surface area contributed by atoms with Gasteiger partial charge in [-0.1, -0.05) is 12.1 Å². The van der Waals surface area contributed by atoms with Gasteiger partial charge >= 0.3 is 0 Å². The minimum Gasteiger partial charge on any atom is -0.459 e. The Bertz CT molecular complexity index is 720. The number of carbonyl (C=O) groups excluding carboxylic acids is 1. The molecule has 1 aromatic carbocycles. The summed E-state index contributed by atoms with van der Waals surface area (Å²) < 4.78 is 18.3. The zero-order valence-corrected chi connectivity index (χ0v) is 17.2. The first-order valence-corrected chi connectivity index (χ1v) is 8.19. The standard InChI is InChI=1S/C18H23FN4O2.HI/c1-3-20-18(23-12-14-6-7-15(19)13(2)11-14)22-9-8-21-17(24)16-5-4-10-25-16;/h4-7,10-11H,3,8-9,12H2,1-2H3,(H,21,24)(H2,20,22,23);1H. The second kappa shape index (κ2) is 11.5. The molecule has 0 aliphatic rings. The molecule has 26 heavy (non-hydrogen) atoms. The van der Waals surface area contributed by atoms with E-state index in [4.69, 9.17) is 4.42 Å². The highest BCUT2D eigenvalue weighted by Gasteiger charge is 2.07. The molecule has 6 nitrogen and oxygen atoms in total. The molecule has 0 saturated carbocycles. The fraction of sp³-hybridized carbons (Fsp3) is 0.333. The predicted molar refractivity (Wildman–Crippen MR) is 110 cm³/mol. The van der Waals surface area contributed by atoms with E-state index in [0.29, 0.717) is 37.7 Å². The number of benzene rings is 1. The number of hydrogen-bond donors (Lipinski definition) is 3. The van der Waals surface area contributed by atoms with Crippen LogP contribution in [0.2, 0.25) is 0 Å². The van der Waals surface area contributed by atoms with E-state index in [2.05, 4.69) is 20.9 Å². The number of aliphatic imine (C=N–C) groups is 1. The number of nitrogens with one attached hydrogen (secondary N) is 3. The third-order valence-electron chi connectivity index (χ3n) is 3.43. The van der Waals surface area contributed by atoms with E-state index in [1.54, 1.807) is 31.2 Å². The van der Waals surface area contributed by atoms with Gasteiger partial charge in [0.2, 0.25) is 0 Å². The summed E-state index contributed by atoms with van der Waals surface area (Å²) in [6.07, 6.45) is 1.46. The maximum absolute atomic E-state index is 13.3. The highest BCUT2D eigenvalue weighted by molar-refractivity contribution is 14.0. The maximum Gasteiger partial charge on any atom is 0.287 e. The summed E-state index contributed by atoms with van der Waals surface area (Å²) in [6, 6.07) is 8.23. The second-order valence-corrected chi connectivity index (χ2v) is 5.44. The van der Waals surface area contributed by atoms with Crippen LogP contribution in [0.5, 0.6) is 0 Å². The molecule has 0 atom stereocenters. The van der Waals surface area contributed by atoms with E-state index in [1.807, 2.05) is 6.92 Å². The molecule has 1 heterocycles. The Kier molecular flexibility index (Phi) is 9.71. The first-order valence-electron chi connectivity index (χ1n) is 8.19. The van der Waals surface area contributed by atoms with Gasteiger partial charge in [-0.15, -0.1) is 24.0 Å². The number of rotatable bonds is 7. The first kappa shape index (κ1) is 21.9. The molecule has 2 rings (SSSR count). The van der Waals surface area contributed by atoms with Crippen LogP contribution in [0.3, 0.4) is 0 Å². The average molecular weight is 474 g/mol. The molecule has 0 bridgehead atoms. The van der Waals surface area contributed by atoms with E-state index in [1.165, 1.54) is 12.3 Å². The van der Waals surface area contributed by atoms with Gasteiger partial charge in [-0.3, -0.25) is 4.79 Å². The fourth-order valence-corrected chi connectivity index (χ4v) is 2.17. The normalized spacial score (nSPS) is 10.8. The zero-order chi connectivity index (χ0) is 18.1. The van der Waals surface area contributed by atoms with Crippen LogP contribution in [0.4, 0.5) is 4.39 Å². The van der Waals surface area contributed by atoms with Crippen molar-refractivity contribution in [1.29, 1.82) is 0 Å². The van der Waals surface area contributed by atoms with Crippen LogP contribution in [-0.2, 0) is 6.54 Å². The van der Waals surface area contributed by atoms with Gasteiger partial charge in [0.1, 0.15) is 5.82 Å². The van der Waals surface area contributed by atoms with E-state index in [-0.39, 0.29) is 41.5 Å². The lowest BCUT2D eigenvalue weighted by molar-refractivity contribution is 0.0926. The zero-order valence-electron chi connectivity index (χ0n) is 14.8. The third kappa shape index (κ3) is 7.03. The summed E-state index contributed by atoms with van der Waals surface area (Å²) >= 11 is 0. The Morgan fingerprint density at radius 2 is 1.96 bits per heavy atom. The molecule has 0 aliphatic heterocycles. The van der Waals surface area contributed by atoms with Gasteiger partial charge in [0.15, 0.2) is 11.7 Å². The number of carbonyl (C=O) groups is 1. The van der Waals surface area contributed by atoms with Gasteiger partial charge in [0.25, 0.3) is 5.91 Å². The summed E-state index contributed by atoms with van der Waals surface area (Å²) in [4.78, 5) is 16.2. The summed E-state index contributed by atoms with van der Waals surface area (Å²) in [5.74, 6) is 0.449. The van der Waals surface area contributed by atoms with Gasteiger partial charge in [-0.05, 0) is 43.2 Å². The van der Waals surface area contributed by atoms with E-state index >= 15 is 0 Å². The number of amides is 1. The summed E-state index contributed by atoms with van der Waals surface area (Å²) in [6.45, 7) is 5.80. The minimum absolute atomic E-state index is 0. The number of nitrogens with zero attached hydrogens (tertiary/aromatic N) is 1. The van der Waals surface area contributed by atoms with Crippen LogP contribution in [0.25, 0.3) is 0 Å². The van der Waals surface area contributed by atoms with Crippen molar-refractivity contribution in [3.05, 3.63) is 59.3 Å². The number of furan rings is 1. The summed E-state index contributed by atoms with van der Waals surface area (Å²) in [5.41, 5.74) is 1.54. The number of aryl methyl sites for hydroxylation is 1. The monoisotopic (exact) mass is 474 g/mol. The quantitative estimate of drug-likeness (QED) is 0.250. The topological polar surface area (TPSA) is 78.7 Å². The molecule has 0 fully saturated rings. The van der Waals surface area contributed by atoms with Gasteiger partial charge in [-0.25, -0.2) is 9.38 Å². The molecule has 0 aliphatic carbocycles.